The van der Waals surface area contributed by atoms with Crippen LogP contribution in [0.4, 0.5) is 13.2 Å². The van der Waals surface area contributed by atoms with Gasteiger partial charge in [0.25, 0.3) is 0 Å². The summed E-state index contributed by atoms with van der Waals surface area (Å²) in [6, 6.07) is 5.78. The van der Waals surface area contributed by atoms with E-state index >= 15 is 0 Å². The second-order valence-corrected chi connectivity index (χ2v) is 5.55. The predicted molar refractivity (Wildman–Crippen MR) is 77.1 cm³/mol. The Hall–Kier alpha value is -1.36. The molecule has 0 heterocycles. The third-order valence-electron chi connectivity index (χ3n) is 2.43. The third kappa shape index (κ3) is 4.30. The fourth-order valence-corrected chi connectivity index (χ4v) is 2.98. The summed E-state index contributed by atoms with van der Waals surface area (Å²) in [5.74, 6) is -1.07. The molecule has 114 valence electrons. The van der Waals surface area contributed by atoms with Gasteiger partial charge in [-0.1, -0.05) is 36.4 Å². The van der Waals surface area contributed by atoms with Gasteiger partial charge >= 0.3 is 11.5 Å². The molecule has 0 fully saturated rings. The van der Waals surface area contributed by atoms with Crippen LogP contribution in [0.25, 0.3) is 0 Å². The SMILES string of the molecule is C=C=CC(SC(F)(F)F)(C(=O)OCC)c1ccccc1Cl. The van der Waals surface area contributed by atoms with Gasteiger partial charge < -0.3 is 4.74 Å². The van der Waals surface area contributed by atoms with E-state index in [0.29, 0.717) is 0 Å². The lowest BCUT2D eigenvalue weighted by Gasteiger charge is -2.29. The van der Waals surface area contributed by atoms with Crippen molar-refractivity contribution in [1.82, 2.24) is 0 Å². The van der Waals surface area contributed by atoms with E-state index in [9.17, 15) is 18.0 Å². The van der Waals surface area contributed by atoms with Gasteiger partial charge in [-0.05, 0) is 30.8 Å². The zero-order valence-corrected chi connectivity index (χ0v) is 12.6. The van der Waals surface area contributed by atoms with E-state index in [0.717, 1.165) is 6.08 Å². The Balaban J connectivity index is 3.55. The van der Waals surface area contributed by atoms with Crippen molar-refractivity contribution in [2.45, 2.75) is 17.2 Å². The highest BCUT2D eigenvalue weighted by molar-refractivity contribution is 8.01. The highest BCUT2D eigenvalue weighted by atomic mass is 35.5. The van der Waals surface area contributed by atoms with Crippen molar-refractivity contribution < 1.29 is 22.7 Å². The molecule has 0 spiro atoms. The number of benzene rings is 1. The average molecular weight is 337 g/mol. The van der Waals surface area contributed by atoms with Gasteiger partial charge in [0.2, 0.25) is 0 Å². The first-order valence-electron chi connectivity index (χ1n) is 5.83. The van der Waals surface area contributed by atoms with E-state index in [2.05, 4.69) is 12.3 Å². The van der Waals surface area contributed by atoms with E-state index in [1.807, 2.05) is 0 Å². The van der Waals surface area contributed by atoms with Crippen LogP contribution in [0.1, 0.15) is 12.5 Å². The highest BCUT2D eigenvalue weighted by Gasteiger charge is 2.50. The molecular formula is C14H12ClF3O2S. The lowest BCUT2D eigenvalue weighted by atomic mass is 9.98. The molecule has 0 N–H and O–H groups in total. The summed E-state index contributed by atoms with van der Waals surface area (Å²) < 4.78 is 41.4. The minimum Gasteiger partial charge on any atom is -0.464 e. The molecule has 0 amide bonds. The van der Waals surface area contributed by atoms with Crippen LogP contribution < -0.4 is 0 Å². The number of esters is 1. The molecule has 1 atom stereocenters. The molecule has 0 aliphatic carbocycles. The number of alkyl halides is 3. The molecule has 0 saturated carbocycles. The molecule has 0 radical (unpaired) electrons. The van der Waals surface area contributed by atoms with Crippen molar-refractivity contribution in [3.8, 4) is 0 Å². The largest absolute Gasteiger partial charge is 0.464 e. The number of halogens is 4. The monoisotopic (exact) mass is 336 g/mol. The van der Waals surface area contributed by atoms with E-state index in [-0.39, 0.29) is 17.2 Å². The summed E-state index contributed by atoms with van der Waals surface area (Å²) in [6.07, 6.45) is 0.921. The summed E-state index contributed by atoms with van der Waals surface area (Å²) in [5.41, 5.74) is -2.46. The van der Waals surface area contributed by atoms with Gasteiger partial charge in [0.15, 0.2) is 4.75 Å². The van der Waals surface area contributed by atoms with E-state index in [1.165, 1.54) is 25.1 Å². The summed E-state index contributed by atoms with van der Waals surface area (Å²) in [6.45, 7) is 4.71. The maximum Gasteiger partial charge on any atom is 0.443 e. The fraction of sp³-hybridized carbons (Fsp3) is 0.286. The summed E-state index contributed by atoms with van der Waals surface area (Å²) in [4.78, 5) is 12.2. The quantitative estimate of drug-likeness (QED) is 0.576. The second-order valence-electron chi connectivity index (χ2n) is 3.83. The molecule has 1 aromatic rings. The molecule has 0 aliphatic rings. The first-order chi connectivity index (χ1) is 9.77. The van der Waals surface area contributed by atoms with Crippen molar-refractivity contribution in [1.29, 1.82) is 0 Å². The van der Waals surface area contributed by atoms with Crippen molar-refractivity contribution >= 4 is 29.3 Å². The van der Waals surface area contributed by atoms with Gasteiger partial charge in [-0.2, -0.15) is 13.2 Å². The maximum absolute atomic E-state index is 12.9. The third-order valence-corrected chi connectivity index (χ3v) is 3.82. The van der Waals surface area contributed by atoms with Gasteiger partial charge in [-0.15, -0.1) is 5.73 Å². The standard InChI is InChI=1S/C14H12ClF3O2S/c1-3-9-13(12(19)20-4-2,21-14(16,17)18)10-7-5-6-8-11(10)15/h5-9H,1,4H2,2H3. The zero-order valence-electron chi connectivity index (χ0n) is 11.0. The normalized spacial score (nSPS) is 14.0. The molecule has 21 heavy (non-hydrogen) atoms. The van der Waals surface area contributed by atoms with Crippen LogP contribution in [0.5, 0.6) is 0 Å². The zero-order chi connectivity index (χ0) is 16.1. The minimum absolute atomic E-state index is 0.0220. The predicted octanol–water partition coefficient (Wildman–Crippen LogP) is 4.69. The Labute approximate surface area is 129 Å². The summed E-state index contributed by atoms with van der Waals surface area (Å²) in [7, 11) is 0. The molecule has 1 aromatic carbocycles. The van der Waals surface area contributed by atoms with E-state index in [4.69, 9.17) is 16.3 Å². The topological polar surface area (TPSA) is 26.3 Å². The fourth-order valence-electron chi connectivity index (χ4n) is 1.70. The molecule has 0 saturated heterocycles. The number of carbonyl (C=O) groups is 1. The molecule has 2 nitrogen and oxygen atoms in total. The van der Waals surface area contributed by atoms with Gasteiger partial charge in [-0.3, -0.25) is 0 Å². The molecule has 0 aromatic heterocycles. The van der Waals surface area contributed by atoms with Crippen LogP contribution in [-0.4, -0.2) is 18.1 Å². The summed E-state index contributed by atoms with van der Waals surface area (Å²) >= 11 is 5.43. The van der Waals surface area contributed by atoms with Crippen LogP contribution >= 0.6 is 23.4 Å². The highest BCUT2D eigenvalue weighted by Crippen LogP contribution is 2.50. The van der Waals surface area contributed by atoms with Crippen molar-refractivity contribution in [3.05, 3.63) is 53.2 Å². The Morgan fingerprint density at radius 3 is 2.57 bits per heavy atom. The minimum atomic E-state index is -4.68. The Bertz CT molecular complexity index is 568. The summed E-state index contributed by atoms with van der Waals surface area (Å²) in [5, 5.41) is 0.0220. The van der Waals surface area contributed by atoms with E-state index < -0.39 is 28.0 Å². The molecule has 1 rings (SSSR count). The molecule has 0 bridgehead atoms. The van der Waals surface area contributed by atoms with Crippen molar-refractivity contribution in [2.24, 2.45) is 0 Å². The van der Waals surface area contributed by atoms with Crippen LogP contribution in [0.2, 0.25) is 5.02 Å². The Morgan fingerprint density at radius 1 is 1.48 bits per heavy atom. The second kappa shape index (κ2) is 7.07. The van der Waals surface area contributed by atoms with Gasteiger partial charge in [-0.25, -0.2) is 4.79 Å². The Kier molecular flexibility index (Phi) is 5.96. The van der Waals surface area contributed by atoms with Crippen LogP contribution in [0.15, 0.2) is 42.7 Å². The molecular weight excluding hydrogens is 325 g/mol. The maximum atomic E-state index is 12.9. The number of ether oxygens (including phenoxy) is 1. The average Bonchev–Trinajstić information content (AvgIpc) is 2.37. The van der Waals surface area contributed by atoms with E-state index in [1.54, 1.807) is 6.07 Å². The lowest BCUT2D eigenvalue weighted by molar-refractivity contribution is -0.145. The first-order valence-corrected chi connectivity index (χ1v) is 7.02. The molecule has 0 aliphatic heterocycles. The lowest BCUT2D eigenvalue weighted by Crippen LogP contribution is -2.35. The number of hydrogen-bond donors (Lipinski definition) is 0. The van der Waals surface area contributed by atoms with Crippen molar-refractivity contribution in [3.63, 3.8) is 0 Å². The van der Waals surface area contributed by atoms with Crippen LogP contribution in [-0.2, 0) is 14.3 Å². The van der Waals surface area contributed by atoms with Gasteiger partial charge in [0.1, 0.15) is 0 Å². The van der Waals surface area contributed by atoms with Crippen molar-refractivity contribution in [2.75, 3.05) is 6.61 Å². The smallest absolute Gasteiger partial charge is 0.443 e. The molecule has 7 heteroatoms. The first kappa shape index (κ1) is 17.7. The number of carbonyl (C=O) groups excluding carboxylic acids is 1. The van der Waals surface area contributed by atoms with Crippen LogP contribution in [0, 0.1) is 0 Å². The van der Waals surface area contributed by atoms with Crippen LogP contribution in [0.3, 0.4) is 0 Å². The number of hydrogen-bond acceptors (Lipinski definition) is 3. The number of rotatable bonds is 5. The Morgan fingerprint density at radius 2 is 2.10 bits per heavy atom. The molecule has 1 unspecified atom stereocenters. The van der Waals surface area contributed by atoms with Gasteiger partial charge in [0.05, 0.1) is 6.61 Å². The number of thioether (sulfide) groups is 1. The van der Waals surface area contributed by atoms with Gasteiger partial charge in [0, 0.05) is 10.6 Å².